The predicted molar refractivity (Wildman–Crippen MR) is 108 cm³/mol. The lowest BCUT2D eigenvalue weighted by atomic mass is 10.1. The number of hydrogen-bond acceptors (Lipinski definition) is 4. The molecule has 4 rings (SSSR count). The molecule has 1 fully saturated rings. The number of hydrogen-bond donors (Lipinski definition) is 0. The second kappa shape index (κ2) is 8.09. The van der Waals surface area contributed by atoms with E-state index in [9.17, 15) is 4.79 Å². The van der Waals surface area contributed by atoms with Crippen LogP contribution < -0.4 is 4.90 Å². The predicted octanol–water partition coefficient (Wildman–Crippen LogP) is 2.74. The van der Waals surface area contributed by atoms with E-state index in [1.165, 1.54) is 11.1 Å². The van der Waals surface area contributed by atoms with Crippen molar-refractivity contribution in [2.24, 2.45) is 0 Å². The van der Waals surface area contributed by atoms with Crippen LogP contribution in [-0.2, 0) is 11.2 Å². The Hall–Kier alpha value is -2.40. The zero-order chi connectivity index (χ0) is 18.6. The topological polar surface area (TPSA) is 39.7 Å². The van der Waals surface area contributed by atoms with Gasteiger partial charge in [-0.3, -0.25) is 9.69 Å². The molecule has 0 saturated carbocycles. The molecule has 1 aliphatic heterocycles. The number of carbonyl (C=O) groups excluding carboxylic acids is 1. The van der Waals surface area contributed by atoms with Gasteiger partial charge in [-0.15, -0.1) is 0 Å². The fourth-order valence-corrected chi connectivity index (χ4v) is 4.30. The highest BCUT2D eigenvalue weighted by Gasteiger charge is 2.27. The molecule has 1 unspecified atom stereocenters. The number of pyridine rings is 1. The van der Waals surface area contributed by atoms with Crippen LogP contribution in [0.25, 0.3) is 0 Å². The van der Waals surface area contributed by atoms with Gasteiger partial charge in [0.1, 0.15) is 5.82 Å². The number of carbonyl (C=O) groups is 1. The average Bonchev–Trinajstić information content (AvgIpc) is 3.17. The molecular formula is C22H28N4O. The Morgan fingerprint density at radius 1 is 1.11 bits per heavy atom. The highest BCUT2D eigenvalue weighted by atomic mass is 16.2. The monoisotopic (exact) mass is 364 g/mol. The van der Waals surface area contributed by atoms with Gasteiger partial charge in [-0.1, -0.05) is 30.3 Å². The average molecular weight is 364 g/mol. The molecule has 1 aromatic heterocycles. The molecule has 5 nitrogen and oxygen atoms in total. The first-order valence-corrected chi connectivity index (χ1v) is 9.94. The largest absolute Gasteiger partial charge is 0.353 e. The molecule has 1 aromatic carbocycles. The molecule has 0 bridgehead atoms. The van der Waals surface area contributed by atoms with E-state index < -0.39 is 0 Å². The van der Waals surface area contributed by atoms with E-state index in [1.54, 1.807) is 0 Å². The van der Waals surface area contributed by atoms with Crippen LogP contribution in [0.4, 0.5) is 5.82 Å². The summed E-state index contributed by atoms with van der Waals surface area (Å²) in [5.74, 6) is 1.28. The van der Waals surface area contributed by atoms with Crippen LogP contribution in [0.5, 0.6) is 0 Å². The van der Waals surface area contributed by atoms with Crippen molar-refractivity contribution in [3.8, 4) is 0 Å². The Morgan fingerprint density at radius 3 is 2.67 bits per heavy atom. The number of rotatable bonds is 5. The summed E-state index contributed by atoms with van der Waals surface area (Å²) in [7, 11) is 2.15. The number of piperazine rings is 1. The standard InChI is InChI=1S/C22H28N4O/c1-24(20-10-9-18-6-2-3-7-19(18)20)13-11-22(27)26-16-14-25(15-17-26)21-8-4-5-12-23-21/h2-8,12,20H,9-11,13-17H2,1H3. The third kappa shape index (κ3) is 3.98. The van der Waals surface area contributed by atoms with Gasteiger partial charge in [0, 0.05) is 51.4 Å². The minimum atomic E-state index is 0.272. The SMILES string of the molecule is CN(CCC(=O)N1CCN(c2ccccn2)CC1)C1CCc2ccccc21. The first kappa shape index (κ1) is 18.0. The summed E-state index contributed by atoms with van der Waals surface area (Å²) in [6.45, 7) is 4.10. The molecule has 142 valence electrons. The summed E-state index contributed by atoms with van der Waals surface area (Å²) < 4.78 is 0. The van der Waals surface area contributed by atoms with E-state index in [4.69, 9.17) is 0 Å². The van der Waals surface area contributed by atoms with Gasteiger partial charge >= 0.3 is 0 Å². The van der Waals surface area contributed by atoms with E-state index in [1.807, 2.05) is 29.3 Å². The lowest BCUT2D eigenvalue weighted by Gasteiger charge is -2.36. The van der Waals surface area contributed by atoms with Gasteiger partial charge in [-0.05, 0) is 43.1 Å². The molecule has 1 saturated heterocycles. The van der Waals surface area contributed by atoms with Crippen molar-refractivity contribution < 1.29 is 4.79 Å². The van der Waals surface area contributed by atoms with E-state index >= 15 is 0 Å². The maximum atomic E-state index is 12.7. The Kier molecular flexibility index (Phi) is 5.39. The van der Waals surface area contributed by atoms with Crippen LogP contribution in [0.15, 0.2) is 48.7 Å². The maximum Gasteiger partial charge on any atom is 0.223 e. The summed E-state index contributed by atoms with van der Waals surface area (Å²) >= 11 is 0. The van der Waals surface area contributed by atoms with Gasteiger partial charge < -0.3 is 9.80 Å². The number of aromatic nitrogens is 1. The molecule has 0 radical (unpaired) electrons. The first-order chi connectivity index (χ1) is 13.2. The number of anilines is 1. The molecule has 1 atom stereocenters. The van der Waals surface area contributed by atoms with Gasteiger partial charge in [0.25, 0.3) is 0 Å². The number of amides is 1. The normalized spacial score (nSPS) is 19.4. The van der Waals surface area contributed by atoms with Crippen LogP contribution in [-0.4, -0.2) is 60.5 Å². The Balaban J connectivity index is 1.26. The zero-order valence-corrected chi connectivity index (χ0v) is 16.1. The molecule has 2 aliphatic rings. The molecule has 5 heteroatoms. The van der Waals surface area contributed by atoms with Crippen LogP contribution in [0.2, 0.25) is 0 Å². The highest BCUT2D eigenvalue weighted by molar-refractivity contribution is 5.76. The van der Waals surface area contributed by atoms with Crippen LogP contribution in [0, 0.1) is 0 Å². The van der Waals surface area contributed by atoms with E-state index in [-0.39, 0.29) is 5.91 Å². The van der Waals surface area contributed by atoms with Gasteiger partial charge in [-0.25, -0.2) is 4.98 Å². The Bertz CT molecular complexity index is 771. The minimum Gasteiger partial charge on any atom is -0.353 e. The van der Waals surface area contributed by atoms with Crippen molar-refractivity contribution in [1.29, 1.82) is 0 Å². The van der Waals surface area contributed by atoms with Crippen molar-refractivity contribution >= 4 is 11.7 Å². The summed E-state index contributed by atoms with van der Waals surface area (Å²) in [4.78, 5) is 23.7. The fourth-order valence-electron chi connectivity index (χ4n) is 4.30. The molecule has 2 heterocycles. The van der Waals surface area contributed by atoms with Gasteiger partial charge in [-0.2, -0.15) is 0 Å². The summed E-state index contributed by atoms with van der Waals surface area (Å²) in [5, 5.41) is 0. The molecule has 27 heavy (non-hydrogen) atoms. The number of nitrogens with zero attached hydrogens (tertiary/aromatic N) is 4. The molecule has 2 aromatic rings. The number of fused-ring (bicyclic) bond motifs is 1. The lowest BCUT2D eigenvalue weighted by Crippen LogP contribution is -2.49. The lowest BCUT2D eigenvalue weighted by molar-refractivity contribution is -0.131. The molecule has 1 amide bonds. The molecule has 0 spiro atoms. The van der Waals surface area contributed by atoms with Crippen LogP contribution in [0.3, 0.4) is 0 Å². The van der Waals surface area contributed by atoms with Crippen molar-refractivity contribution in [2.45, 2.75) is 25.3 Å². The summed E-state index contributed by atoms with van der Waals surface area (Å²) in [6, 6.07) is 15.1. The second-order valence-electron chi connectivity index (χ2n) is 7.54. The fraction of sp³-hybridized carbons (Fsp3) is 0.455. The highest BCUT2D eigenvalue weighted by Crippen LogP contribution is 2.34. The number of aryl methyl sites for hydroxylation is 1. The van der Waals surface area contributed by atoms with Crippen molar-refractivity contribution in [3.63, 3.8) is 0 Å². The van der Waals surface area contributed by atoms with Crippen LogP contribution >= 0.6 is 0 Å². The minimum absolute atomic E-state index is 0.272. The maximum absolute atomic E-state index is 12.7. The van der Waals surface area contributed by atoms with Crippen molar-refractivity contribution in [2.75, 3.05) is 44.7 Å². The summed E-state index contributed by atoms with van der Waals surface area (Å²) in [5.41, 5.74) is 2.91. The number of benzene rings is 1. The molecular weight excluding hydrogens is 336 g/mol. The summed E-state index contributed by atoms with van der Waals surface area (Å²) in [6.07, 6.45) is 4.73. The van der Waals surface area contributed by atoms with Crippen molar-refractivity contribution in [3.05, 3.63) is 59.8 Å². The molecule has 1 aliphatic carbocycles. The molecule has 0 N–H and O–H groups in total. The van der Waals surface area contributed by atoms with Crippen LogP contribution in [0.1, 0.15) is 30.0 Å². The quantitative estimate of drug-likeness (QED) is 0.818. The third-order valence-electron chi connectivity index (χ3n) is 5.92. The zero-order valence-electron chi connectivity index (χ0n) is 16.1. The smallest absolute Gasteiger partial charge is 0.223 e. The Labute approximate surface area is 161 Å². The Morgan fingerprint density at radius 2 is 1.89 bits per heavy atom. The van der Waals surface area contributed by atoms with Gasteiger partial charge in [0.2, 0.25) is 5.91 Å². The van der Waals surface area contributed by atoms with Gasteiger partial charge in [0.05, 0.1) is 0 Å². The van der Waals surface area contributed by atoms with E-state index in [0.29, 0.717) is 12.5 Å². The first-order valence-electron chi connectivity index (χ1n) is 9.94. The van der Waals surface area contributed by atoms with Gasteiger partial charge in [0.15, 0.2) is 0 Å². The van der Waals surface area contributed by atoms with E-state index in [2.05, 4.69) is 46.1 Å². The third-order valence-corrected chi connectivity index (χ3v) is 5.92. The van der Waals surface area contributed by atoms with Crippen molar-refractivity contribution in [1.82, 2.24) is 14.8 Å². The second-order valence-corrected chi connectivity index (χ2v) is 7.54. The van der Waals surface area contributed by atoms with E-state index in [0.717, 1.165) is 51.4 Å².